The number of aromatic nitrogens is 3. The molecule has 0 saturated carbocycles. The van der Waals surface area contributed by atoms with Gasteiger partial charge in [-0.25, -0.2) is 4.68 Å². The Morgan fingerprint density at radius 1 is 1.10 bits per heavy atom. The minimum absolute atomic E-state index is 0.149. The summed E-state index contributed by atoms with van der Waals surface area (Å²) in [5, 5.41) is 7.05. The van der Waals surface area contributed by atoms with Gasteiger partial charge < -0.3 is 5.32 Å². The van der Waals surface area contributed by atoms with Gasteiger partial charge in [-0.3, -0.25) is 9.78 Å². The molecule has 0 radical (unpaired) electrons. The van der Waals surface area contributed by atoms with E-state index in [1.807, 2.05) is 31.2 Å². The molecule has 0 bridgehead atoms. The van der Waals surface area contributed by atoms with Crippen molar-refractivity contribution in [1.29, 1.82) is 0 Å². The molecule has 0 fully saturated rings. The average Bonchev–Trinajstić information content (AvgIpc) is 2.97. The Balaban J connectivity index is 1.75. The molecule has 5 heteroatoms. The molecule has 3 rings (SSSR count). The summed E-state index contributed by atoms with van der Waals surface area (Å²) in [5.41, 5.74) is 3.28. The van der Waals surface area contributed by atoms with Crippen LogP contribution in [0.15, 0.2) is 61.2 Å². The highest BCUT2D eigenvalue weighted by Gasteiger charge is 2.07. The van der Waals surface area contributed by atoms with Crippen molar-refractivity contribution in [2.24, 2.45) is 0 Å². The summed E-state index contributed by atoms with van der Waals surface area (Å²) in [6.45, 7) is 1.99. The second kappa shape index (κ2) is 5.58. The smallest absolute Gasteiger partial charge is 0.255 e. The Morgan fingerprint density at radius 2 is 1.81 bits per heavy atom. The molecule has 2 heterocycles. The van der Waals surface area contributed by atoms with Crippen LogP contribution in [0.3, 0.4) is 0 Å². The zero-order valence-electron chi connectivity index (χ0n) is 11.5. The lowest BCUT2D eigenvalue weighted by Crippen LogP contribution is -2.11. The molecule has 104 valence electrons. The molecule has 0 spiro atoms. The van der Waals surface area contributed by atoms with Crippen LogP contribution in [0.4, 0.5) is 5.69 Å². The van der Waals surface area contributed by atoms with Crippen LogP contribution >= 0.6 is 0 Å². The standard InChI is InChI=1S/C16H14N4O/c1-12-2-4-13(5-3-12)16(21)19-14-10-18-20(11-14)15-6-8-17-9-7-15/h2-11H,1H3,(H,19,21). The van der Waals surface area contributed by atoms with Gasteiger partial charge >= 0.3 is 0 Å². The molecule has 1 amide bonds. The number of amides is 1. The fourth-order valence-corrected chi connectivity index (χ4v) is 1.93. The second-order valence-corrected chi connectivity index (χ2v) is 4.70. The Morgan fingerprint density at radius 3 is 2.52 bits per heavy atom. The first-order valence-corrected chi connectivity index (χ1v) is 6.55. The van der Waals surface area contributed by atoms with E-state index in [0.29, 0.717) is 11.3 Å². The number of benzene rings is 1. The van der Waals surface area contributed by atoms with Gasteiger partial charge in [-0.1, -0.05) is 17.7 Å². The molecule has 1 aromatic carbocycles. The van der Waals surface area contributed by atoms with Crippen molar-refractivity contribution in [2.45, 2.75) is 6.92 Å². The van der Waals surface area contributed by atoms with Crippen LogP contribution in [-0.4, -0.2) is 20.7 Å². The fourth-order valence-electron chi connectivity index (χ4n) is 1.93. The number of pyridine rings is 1. The highest BCUT2D eigenvalue weighted by Crippen LogP contribution is 2.12. The summed E-state index contributed by atoms with van der Waals surface area (Å²) in [5.74, 6) is -0.149. The summed E-state index contributed by atoms with van der Waals surface area (Å²) in [6.07, 6.45) is 6.77. The maximum absolute atomic E-state index is 12.1. The van der Waals surface area contributed by atoms with E-state index < -0.39 is 0 Å². The van der Waals surface area contributed by atoms with E-state index in [2.05, 4.69) is 15.4 Å². The van der Waals surface area contributed by atoms with Crippen LogP contribution in [0.25, 0.3) is 5.69 Å². The molecule has 0 unspecified atom stereocenters. The summed E-state index contributed by atoms with van der Waals surface area (Å²) < 4.78 is 1.69. The minimum Gasteiger partial charge on any atom is -0.319 e. The van der Waals surface area contributed by atoms with Crippen molar-refractivity contribution in [3.63, 3.8) is 0 Å². The van der Waals surface area contributed by atoms with Crippen LogP contribution in [0.2, 0.25) is 0 Å². The lowest BCUT2D eigenvalue weighted by Gasteiger charge is -2.03. The predicted octanol–water partition coefficient (Wildman–Crippen LogP) is 2.83. The van der Waals surface area contributed by atoms with Crippen LogP contribution < -0.4 is 5.32 Å². The molecule has 3 aromatic rings. The topological polar surface area (TPSA) is 59.8 Å². The van der Waals surface area contributed by atoms with Crippen molar-refractivity contribution in [3.05, 3.63) is 72.3 Å². The number of rotatable bonds is 3. The van der Waals surface area contributed by atoms with E-state index in [-0.39, 0.29) is 5.91 Å². The minimum atomic E-state index is -0.149. The van der Waals surface area contributed by atoms with Crippen molar-refractivity contribution in [2.75, 3.05) is 5.32 Å². The SMILES string of the molecule is Cc1ccc(C(=O)Nc2cnn(-c3ccncc3)c2)cc1. The molecule has 0 atom stereocenters. The number of nitrogens with one attached hydrogen (secondary N) is 1. The molecular formula is C16H14N4O. The molecule has 5 nitrogen and oxygen atoms in total. The number of hydrogen-bond acceptors (Lipinski definition) is 3. The molecule has 0 aliphatic rings. The zero-order chi connectivity index (χ0) is 14.7. The Kier molecular flexibility index (Phi) is 3.47. The Bertz CT molecular complexity index is 747. The summed E-state index contributed by atoms with van der Waals surface area (Å²) in [4.78, 5) is 16.1. The van der Waals surface area contributed by atoms with Crippen molar-refractivity contribution in [3.8, 4) is 5.69 Å². The van der Waals surface area contributed by atoms with Crippen LogP contribution in [-0.2, 0) is 0 Å². The van der Waals surface area contributed by atoms with Gasteiger partial charge in [0.15, 0.2) is 0 Å². The maximum atomic E-state index is 12.1. The van der Waals surface area contributed by atoms with E-state index in [0.717, 1.165) is 11.3 Å². The Labute approximate surface area is 122 Å². The third-order valence-corrected chi connectivity index (χ3v) is 3.08. The van der Waals surface area contributed by atoms with E-state index in [1.54, 1.807) is 41.6 Å². The molecule has 0 aliphatic carbocycles. The van der Waals surface area contributed by atoms with Gasteiger partial charge in [-0.2, -0.15) is 5.10 Å². The van der Waals surface area contributed by atoms with E-state index >= 15 is 0 Å². The van der Waals surface area contributed by atoms with E-state index in [1.165, 1.54) is 0 Å². The first-order valence-electron chi connectivity index (χ1n) is 6.55. The van der Waals surface area contributed by atoms with Gasteiger partial charge in [0, 0.05) is 18.0 Å². The zero-order valence-corrected chi connectivity index (χ0v) is 11.5. The van der Waals surface area contributed by atoms with E-state index in [4.69, 9.17) is 0 Å². The van der Waals surface area contributed by atoms with Gasteiger partial charge in [0.25, 0.3) is 5.91 Å². The van der Waals surface area contributed by atoms with Gasteiger partial charge in [-0.05, 0) is 31.2 Å². The molecular weight excluding hydrogens is 264 g/mol. The number of aryl methyl sites for hydroxylation is 1. The molecule has 0 saturated heterocycles. The summed E-state index contributed by atoms with van der Waals surface area (Å²) in [7, 11) is 0. The largest absolute Gasteiger partial charge is 0.319 e. The first kappa shape index (κ1) is 13.1. The quantitative estimate of drug-likeness (QED) is 0.801. The normalized spacial score (nSPS) is 10.3. The highest BCUT2D eigenvalue weighted by molar-refractivity contribution is 6.04. The van der Waals surface area contributed by atoms with Gasteiger partial charge in [0.1, 0.15) is 0 Å². The highest BCUT2D eigenvalue weighted by atomic mass is 16.1. The third kappa shape index (κ3) is 2.97. The number of carbonyl (C=O) groups excluding carboxylic acids is 1. The predicted molar refractivity (Wildman–Crippen MR) is 80.5 cm³/mol. The number of anilines is 1. The monoisotopic (exact) mass is 278 g/mol. The van der Waals surface area contributed by atoms with Gasteiger partial charge in [-0.15, -0.1) is 0 Å². The van der Waals surface area contributed by atoms with Crippen molar-refractivity contribution in [1.82, 2.24) is 14.8 Å². The molecule has 2 aromatic heterocycles. The van der Waals surface area contributed by atoms with Crippen LogP contribution in [0.5, 0.6) is 0 Å². The fraction of sp³-hybridized carbons (Fsp3) is 0.0625. The van der Waals surface area contributed by atoms with Gasteiger partial charge in [0.2, 0.25) is 0 Å². The van der Waals surface area contributed by atoms with Crippen molar-refractivity contribution < 1.29 is 4.79 Å². The van der Waals surface area contributed by atoms with Crippen LogP contribution in [0, 0.1) is 6.92 Å². The van der Waals surface area contributed by atoms with E-state index in [9.17, 15) is 4.79 Å². The summed E-state index contributed by atoms with van der Waals surface area (Å²) >= 11 is 0. The average molecular weight is 278 g/mol. The third-order valence-electron chi connectivity index (χ3n) is 3.08. The lowest BCUT2D eigenvalue weighted by molar-refractivity contribution is 0.102. The van der Waals surface area contributed by atoms with Crippen molar-refractivity contribution >= 4 is 11.6 Å². The first-order chi connectivity index (χ1) is 10.2. The van der Waals surface area contributed by atoms with Crippen LogP contribution in [0.1, 0.15) is 15.9 Å². The molecule has 0 aliphatic heterocycles. The molecule has 21 heavy (non-hydrogen) atoms. The maximum Gasteiger partial charge on any atom is 0.255 e. The Hall–Kier alpha value is -2.95. The second-order valence-electron chi connectivity index (χ2n) is 4.70. The molecule has 1 N–H and O–H groups in total. The number of carbonyl (C=O) groups is 1. The number of hydrogen-bond donors (Lipinski definition) is 1. The van der Waals surface area contributed by atoms with Gasteiger partial charge in [0.05, 0.1) is 23.8 Å². The number of nitrogens with zero attached hydrogens (tertiary/aromatic N) is 3. The lowest BCUT2D eigenvalue weighted by atomic mass is 10.1. The summed E-state index contributed by atoms with van der Waals surface area (Å²) in [6, 6.07) is 11.1.